The average molecular weight is 136 g/mol. The van der Waals surface area contributed by atoms with Crippen molar-refractivity contribution in [2.24, 2.45) is 0 Å². The number of hydrogen-bond acceptors (Lipinski definition) is 2. The maximum Gasteiger partial charge on any atom is 0.155 e. The molecule has 0 aliphatic carbocycles. The van der Waals surface area contributed by atoms with Gasteiger partial charge in [-0.15, -0.1) is 0 Å². The van der Waals surface area contributed by atoms with Crippen LogP contribution in [0.1, 0.15) is 0 Å². The fourth-order valence-electron chi connectivity index (χ4n) is 0.316. The summed E-state index contributed by atoms with van der Waals surface area (Å²) >= 11 is 0. The van der Waals surface area contributed by atoms with Crippen molar-refractivity contribution in [1.29, 1.82) is 0 Å². The van der Waals surface area contributed by atoms with Crippen LogP contribution in [-0.4, -0.2) is 41.9 Å². The molecule has 1 N–H and O–H groups in total. The molecule has 0 aromatic rings. The van der Waals surface area contributed by atoms with Gasteiger partial charge in [0, 0.05) is 0 Å². The molecule has 0 aromatic carbocycles. The zero-order chi connectivity index (χ0) is 4.99. The summed E-state index contributed by atoms with van der Waals surface area (Å²) in [5.41, 5.74) is 0. The summed E-state index contributed by atoms with van der Waals surface area (Å²) < 4.78 is 5.69. The molecule has 0 unspecified atom stereocenters. The van der Waals surface area contributed by atoms with Gasteiger partial charge in [0.25, 0.3) is 0 Å². The highest BCUT2D eigenvalue weighted by Gasteiger charge is 1.79. The van der Waals surface area contributed by atoms with Crippen molar-refractivity contribution in [3.8, 4) is 0 Å². The van der Waals surface area contributed by atoms with E-state index in [4.69, 9.17) is 0 Å². The third kappa shape index (κ3) is 4.57. The van der Waals surface area contributed by atoms with Gasteiger partial charge in [0.2, 0.25) is 0 Å². The van der Waals surface area contributed by atoms with E-state index in [9.17, 15) is 0 Å². The smallest absolute Gasteiger partial charge is 0.155 e. The molecule has 0 heterocycles. The Hall–Kier alpha value is 0.571. The fraction of sp³-hybridized carbons (Fsp3) is 1.00. The van der Waals surface area contributed by atoms with Gasteiger partial charge < -0.3 is 8.88 Å². The topological polar surface area (TPSA) is 15.3 Å². The van der Waals surface area contributed by atoms with E-state index in [1.54, 1.807) is 0 Å². The summed E-state index contributed by atoms with van der Waals surface area (Å²) in [5.74, 6) is 0. The lowest BCUT2D eigenvalue weighted by atomic mass is 11.6. The third-order valence-electron chi connectivity index (χ3n) is 0.474. The Morgan fingerprint density at radius 3 is 2.33 bits per heavy atom. The van der Waals surface area contributed by atoms with Crippen LogP contribution in [0.25, 0.3) is 0 Å². The van der Waals surface area contributed by atoms with E-state index in [2.05, 4.69) is 15.9 Å². The molecule has 2 nitrogen and oxygen atoms in total. The van der Waals surface area contributed by atoms with E-state index in [-0.39, 0.29) is 9.84 Å². The molecule has 0 bridgehead atoms. The van der Waals surface area contributed by atoms with Crippen molar-refractivity contribution in [1.82, 2.24) is 8.88 Å². The summed E-state index contributed by atoms with van der Waals surface area (Å²) in [6.07, 6.45) is 0. The van der Waals surface area contributed by atoms with Crippen molar-refractivity contribution >= 4 is 30.7 Å². The first-order valence-electron chi connectivity index (χ1n) is 2.06. The maximum absolute atomic E-state index is 3.31. The molecule has 0 aromatic heterocycles. The molecule has 0 rings (SSSR count). The zero-order valence-corrected chi connectivity index (χ0v) is 10.1. The van der Waals surface area contributed by atoms with Crippen molar-refractivity contribution < 1.29 is 0 Å². The third-order valence-corrected chi connectivity index (χ3v) is 3.32. The summed E-state index contributed by atoms with van der Waals surface area (Å²) in [4.78, 5) is 0. The fourth-order valence-corrected chi connectivity index (χ4v) is 5.69. The Morgan fingerprint density at radius 2 is 2.33 bits per heavy atom. The first-order chi connectivity index (χ1) is 2.77. The quantitative estimate of drug-likeness (QED) is 0.390. The molecule has 0 saturated carbocycles. The summed E-state index contributed by atoms with van der Waals surface area (Å²) in [5, 5.41) is 0. The molecular formula is CH12N2Si3. The average Bonchev–Trinajstić information content (AvgIpc) is 1.35. The number of hydrogen-bond donors (Lipinski definition) is 1. The molecule has 0 fully saturated rings. The van der Waals surface area contributed by atoms with Gasteiger partial charge in [-0.2, -0.15) is 0 Å². The highest BCUT2D eigenvalue weighted by molar-refractivity contribution is 6.45. The second-order valence-corrected chi connectivity index (χ2v) is 8.79. The molecule has 0 saturated heterocycles. The summed E-state index contributed by atoms with van der Waals surface area (Å²) in [6.45, 7) is 0. The van der Waals surface area contributed by atoms with Gasteiger partial charge in [0.1, 0.15) is 0 Å². The first kappa shape index (κ1) is 6.57. The lowest BCUT2D eigenvalue weighted by Gasteiger charge is -2.04. The van der Waals surface area contributed by atoms with Crippen molar-refractivity contribution in [2.45, 2.75) is 0 Å². The maximum atomic E-state index is 3.31. The molecule has 0 radical (unpaired) electrons. The second-order valence-electron chi connectivity index (χ2n) is 1.59. The van der Waals surface area contributed by atoms with Gasteiger partial charge in [0.15, 0.2) is 9.84 Å². The highest BCUT2D eigenvalue weighted by Crippen LogP contribution is 1.53. The van der Waals surface area contributed by atoms with Gasteiger partial charge in [-0.1, -0.05) is 0 Å². The monoisotopic (exact) mass is 136 g/mol. The minimum atomic E-state index is 0.0633. The van der Waals surface area contributed by atoms with Gasteiger partial charge in [0.05, 0.1) is 20.8 Å². The van der Waals surface area contributed by atoms with Gasteiger partial charge in [-0.3, -0.25) is 0 Å². The van der Waals surface area contributed by atoms with Crippen molar-refractivity contribution in [3.05, 3.63) is 0 Å². The van der Waals surface area contributed by atoms with E-state index < -0.39 is 0 Å². The molecule has 5 heteroatoms. The molecule has 38 valence electrons. The highest BCUT2D eigenvalue weighted by atomic mass is 28.3. The standard InChI is InChI=1S/CH12N2Si3/c1-3(5)6-2-4/h2H,6H2,1,4-5H3. The molecule has 0 amide bonds. The second kappa shape index (κ2) is 3.75. The number of nitrogens with one attached hydrogen (secondary N) is 1. The molecular weight excluding hydrogens is 124 g/mol. The Balaban J connectivity index is 2.63. The summed E-state index contributed by atoms with van der Waals surface area (Å²) in [6, 6.07) is 0. The van der Waals surface area contributed by atoms with E-state index in [1.165, 1.54) is 20.8 Å². The van der Waals surface area contributed by atoms with E-state index in [0.717, 1.165) is 0 Å². The van der Waals surface area contributed by atoms with Crippen molar-refractivity contribution in [3.63, 3.8) is 0 Å². The van der Waals surface area contributed by atoms with Crippen LogP contribution >= 0.6 is 0 Å². The van der Waals surface area contributed by atoms with Crippen LogP contribution in [0.5, 0.6) is 0 Å². The Morgan fingerprint density at radius 1 is 1.83 bits per heavy atom. The first-order valence-corrected chi connectivity index (χ1v) is 5.30. The number of nitrogens with zero attached hydrogens (tertiary/aromatic N) is 1. The predicted molar refractivity (Wildman–Crippen MR) is 39.3 cm³/mol. The Bertz CT molecular complexity index is 30.0. The zero-order valence-electron chi connectivity index (χ0n) is 4.65. The summed E-state index contributed by atoms with van der Waals surface area (Å²) in [7, 11) is 4.65. The normalized spacial score (nSPS) is 13.0. The van der Waals surface area contributed by atoms with E-state index >= 15 is 0 Å². The SMILES string of the molecule is CN([SiH3])[SiH2]N[SiH3]. The van der Waals surface area contributed by atoms with Crippen LogP contribution in [0, 0.1) is 0 Å². The minimum absolute atomic E-state index is 0.0633. The van der Waals surface area contributed by atoms with E-state index in [1.807, 2.05) is 0 Å². The van der Waals surface area contributed by atoms with Crippen LogP contribution in [0.3, 0.4) is 0 Å². The van der Waals surface area contributed by atoms with Crippen LogP contribution in [0.4, 0.5) is 0 Å². The lowest BCUT2D eigenvalue weighted by Crippen LogP contribution is -2.31. The number of rotatable bonds is 2. The lowest BCUT2D eigenvalue weighted by molar-refractivity contribution is 0.858. The predicted octanol–water partition coefficient (Wildman–Crippen LogP) is -3.93. The molecule has 0 spiro atoms. The van der Waals surface area contributed by atoms with Gasteiger partial charge >= 0.3 is 0 Å². The molecule has 6 heavy (non-hydrogen) atoms. The Labute approximate surface area is 47.3 Å². The van der Waals surface area contributed by atoms with Gasteiger partial charge in [-0.05, 0) is 7.05 Å². The van der Waals surface area contributed by atoms with Crippen LogP contribution in [0.15, 0.2) is 0 Å². The van der Waals surface area contributed by atoms with Crippen molar-refractivity contribution in [2.75, 3.05) is 7.05 Å². The molecule has 0 aliphatic rings. The largest absolute Gasteiger partial charge is 0.360 e. The molecule has 0 aliphatic heterocycles. The minimum Gasteiger partial charge on any atom is -0.360 e. The van der Waals surface area contributed by atoms with E-state index in [0.29, 0.717) is 0 Å². The molecule has 0 atom stereocenters. The van der Waals surface area contributed by atoms with Crippen LogP contribution in [0.2, 0.25) is 0 Å². The van der Waals surface area contributed by atoms with Crippen LogP contribution in [-0.2, 0) is 0 Å². The van der Waals surface area contributed by atoms with Crippen LogP contribution < -0.4 is 4.65 Å². The Kier molecular flexibility index (Phi) is 4.11. The van der Waals surface area contributed by atoms with Gasteiger partial charge in [-0.25, -0.2) is 0 Å².